The molecule has 1 aromatic rings. The van der Waals surface area contributed by atoms with E-state index >= 15 is 0 Å². The number of aliphatic hydroxyl groups is 1. The molecule has 2 rings (SSSR count). The first kappa shape index (κ1) is 15.9. The van der Waals surface area contributed by atoms with Crippen LogP contribution in [0.15, 0.2) is 24.3 Å². The van der Waals surface area contributed by atoms with Crippen molar-refractivity contribution in [2.24, 2.45) is 5.92 Å². The van der Waals surface area contributed by atoms with Gasteiger partial charge in [-0.15, -0.1) is 0 Å². The Balaban J connectivity index is 2.02. The summed E-state index contributed by atoms with van der Waals surface area (Å²) in [7, 11) is -3.40. The number of hydrogen-bond donors (Lipinski definition) is 2. The van der Waals surface area contributed by atoms with Crippen LogP contribution in [0.5, 0.6) is 0 Å². The molecular weight excluding hydrogens is 294 g/mol. The summed E-state index contributed by atoms with van der Waals surface area (Å²) >= 11 is 0. The highest BCUT2D eigenvalue weighted by Gasteiger charge is 2.27. The van der Waals surface area contributed by atoms with Crippen molar-refractivity contribution in [3.8, 4) is 0 Å². The van der Waals surface area contributed by atoms with Crippen LogP contribution in [0.1, 0.15) is 28.8 Å². The van der Waals surface area contributed by atoms with Crippen molar-refractivity contribution in [1.29, 1.82) is 0 Å². The van der Waals surface area contributed by atoms with Crippen LogP contribution in [-0.2, 0) is 15.8 Å². The normalized spacial score (nSPS) is 17.8. The SMILES string of the molecule is O=C(O)c1ccc(CS(=O)(=O)N2CCC(CO)CC2)cc1. The average molecular weight is 313 g/mol. The number of hydrogen-bond acceptors (Lipinski definition) is 4. The average Bonchev–Trinajstić information content (AvgIpc) is 2.47. The maximum absolute atomic E-state index is 12.3. The first-order valence-electron chi connectivity index (χ1n) is 6.83. The topological polar surface area (TPSA) is 94.9 Å². The summed E-state index contributed by atoms with van der Waals surface area (Å²) in [5.41, 5.74) is 0.712. The molecule has 7 heteroatoms. The zero-order chi connectivity index (χ0) is 15.5. The number of nitrogens with zero attached hydrogens (tertiary/aromatic N) is 1. The van der Waals surface area contributed by atoms with Gasteiger partial charge in [0.1, 0.15) is 0 Å². The van der Waals surface area contributed by atoms with Crippen LogP contribution in [0.4, 0.5) is 0 Å². The Hall–Kier alpha value is -1.44. The molecule has 1 aliphatic heterocycles. The molecule has 0 bridgehead atoms. The maximum atomic E-state index is 12.3. The lowest BCUT2D eigenvalue weighted by atomic mass is 10.00. The van der Waals surface area contributed by atoms with E-state index in [-0.39, 0.29) is 23.8 Å². The summed E-state index contributed by atoms with van der Waals surface area (Å²) in [6.07, 6.45) is 1.35. The Bertz CT molecular complexity index is 588. The summed E-state index contributed by atoms with van der Waals surface area (Å²) in [5.74, 6) is -0.974. The molecule has 0 radical (unpaired) electrons. The van der Waals surface area contributed by atoms with Gasteiger partial charge in [-0.25, -0.2) is 17.5 Å². The second-order valence-electron chi connectivity index (χ2n) is 5.28. The van der Waals surface area contributed by atoms with Crippen molar-refractivity contribution < 1.29 is 23.4 Å². The molecule has 1 fully saturated rings. The largest absolute Gasteiger partial charge is 0.478 e. The van der Waals surface area contributed by atoms with Crippen LogP contribution in [0.3, 0.4) is 0 Å². The van der Waals surface area contributed by atoms with Gasteiger partial charge >= 0.3 is 5.97 Å². The van der Waals surface area contributed by atoms with Crippen molar-refractivity contribution >= 4 is 16.0 Å². The first-order chi connectivity index (χ1) is 9.92. The standard InChI is InChI=1S/C14H19NO5S/c16-9-11-5-7-15(8-6-11)21(19,20)10-12-1-3-13(4-2-12)14(17)18/h1-4,11,16H,5-10H2,(H,17,18). The highest BCUT2D eigenvalue weighted by molar-refractivity contribution is 7.88. The number of rotatable bonds is 5. The van der Waals surface area contributed by atoms with Gasteiger partial charge in [0.25, 0.3) is 0 Å². The molecule has 1 aromatic carbocycles. The van der Waals surface area contributed by atoms with E-state index in [2.05, 4.69) is 0 Å². The van der Waals surface area contributed by atoms with E-state index in [0.29, 0.717) is 31.5 Å². The molecule has 0 aromatic heterocycles. The highest BCUT2D eigenvalue weighted by atomic mass is 32.2. The lowest BCUT2D eigenvalue weighted by molar-refractivity contribution is 0.0697. The molecule has 0 aliphatic carbocycles. The van der Waals surface area contributed by atoms with Crippen LogP contribution in [-0.4, -0.2) is 48.6 Å². The summed E-state index contributed by atoms with van der Waals surface area (Å²) in [5, 5.41) is 17.9. The third-order valence-electron chi connectivity index (χ3n) is 3.78. The zero-order valence-corrected chi connectivity index (χ0v) is 12.4. The number of sulfonamides is 1. The molecule has 0 saturated carbocycles. The van der Waals surface area contributed by atoms with Gasteiger partial charge in [-0.1, -0.05) is 12.1 Å². The van der Waals surface area contributed by atoms with Gasteiger partial charge < -0.3 is 10.2 Å². The van der Waals surface area contributed by atoms with Crippen molar-refractivity contribution in [3.05, 3.63) is 35.4 Å². The number of aromatic carboxylic acids is 1. The smallest absolute Gasteiger partial charge is 0.335 e. The van der Waals surface area contributed by atoms with Gasteiger partial charge in [0, 0.05) is 19.7 Å². The first-order valence-corrected chi connectivity index (χ1v) is 8.44. The minimum Gasteiger partial charge on any atom is -0.478 e. The molecule has 1 aliphatic rings. The minimum absolute atomic E-state index is 0.102. The second-order valence-corrected chi connectivity index (χ2v) is 7.25. The highest BCUT2D eigenvalue weighted by Crippen LogP contribution is 2.21. The molecule has 21 heavy (non-hydrogen) atoms. The van der Waals surface area contributed by atoms with Gasteiger partial charge in [-0.05, 0) is 36.5 Å². The molecule has 116 valence electrons. The lowest BCUT2D eigenvalue weighted by Gasteiger charge is -2.30. The zero-order valence-electron chi connectivity index (χ0n) is 11.6. The fourth-order valence-corrected chi connectivity index (χ4v) is 3.98. The van der Waals surface area contributed by atoms with Gasteiger partial charge in [0.15, 0.2) is 0 Å². The van der Waals surface area contributed by atoms with E-state index in [1.807, 2.05) is 0 Å². The molecule has 0 amide bonds. The number of piperidine rings is 1. The van der Waals surface area contributed by atoms with E-state index in [1.54, 1.807) is 0 Å². The van der Waals surface area contributed by atoms with Gasteiger partial charge in [-0.2, -0.15) is 0 Å². The van der Waals surface area contributed by atoms with E-state index in [1.165, 1.54) is 28.6 Å². The van der Waals surface area contributed by atoms with Gasteiger partial charge in [-0.3, -0.25) is 0 Å². The Morgan fingerprint density at radius 2 is 1.76 bits per heavy atom. The van der Waals surface area contributed by atoms with Crippen LogP contribution in [0.25, 0.3) is 0 Å². The number of benzene rings is 1. The summed E-state index contributed by atoms with van der Waals surface area (Å²) in [6, 6.07) is 5.87. The third kappa shape index (κ3) is 4.03. The molecule has 6 nitrogen and oxygen atoms in total. The van der Waals surface area contributed by atoms with Crippen molar-refractivity contribution in [2.75, 3.05) is 19.7 Å². The Kier molecular flexibility index (Phi) is 4.97. The van der Waals surface area contributed by atoms with Crippen molar-refractivity contribution in [1.82, 2.24) is 4.31 Å². The number of carboxylic acid groups (broad SMARTS) is 1. The fraction of sp³-hybridized carbons (Fsp3) is 0.500. The third-order valence-corrected chi connectivity index (χ3v) is 5.63. The van der Waals surface area contributed by atoms with Crippen LogP contribution in [0, 0.1) is 5.92 Å². The van der Waals surface area contributed by atoms with Gasteiger partial charge in [0.2, 0.25) is 10.0 Å². The van der Waals surface area contributed by atoms with Crippen molar-refractivity contribution in [3.63, 3.8) is 0 Å². The van der Waals surface area contributed by atoms with E-state index < -0.39 is 16.0 Å². The molecule has 1 heterocycles. The van der Waals surface area contributed by atoms with E-state index in [9.17, 15) is 13.2 Å². The Morgan fingerprint density at radius 1 is 1.19 bits per heavy atom. The molecule has 0 unspecified atom stereocenters. The van der Waals surface area contributed by atoms with E-state index in [4.69, 9.17) is 10.2 Å². The van der Waals surface area contributed by atoms with Crippen molar-refractivity contribution in [2.45, 2.75) is 18.6 Å². The monoisotopic (exact) mass is 313 g/mol. The molecule has 0 spiro atoms. The number of aliphatic hydroxyl groups excluding tert-OH is 1. The van der Waals surface area contributed by atoms with Crippen LogP contribution in [0.2, 0.25) is 0 Å². The summed E-state index contributed by atoms with van der Waals surface area (Å²) < 4.78 is 26.1. The van der Waals surface area contributed by atoms with E-state index in [0.717, 1.165) is 0 Å². The summed E-state index contributed by atoms with van der Waals surface area (Å²) in [4.78, 5) is 10.8. The Morgan fingerprint density at radius 3 is 2.24 bits per heavy atom. The molecule has 1 saturated heterocycles. The maximum Gasteiger partial charge on any atom is 0.335 e. The number of carbonyl (C=O) groups is 1. The quantitative estimate of drug-likeness (QED) is 0.843. The minimum atomic E-state index is -3.40. The second kappa shape index (κ2) is 6.55. The van der Waals surface area contributed by atoms with Crippen LogP contribution >= 0.6 is 0 Å². The molecular formula is C14H19NO5S. The van der Waals surface area contributed by atoms with Gasteiger partial charge in [0.05, 0.1) is 11.3 Å². The van der Waals surface area contributed by atoms with Crippen LogP contribution < -0.4 is 0 Å². The Labute approximate surface area is 124 Å². The molecule has 2 N–H and O–H groups in total. The summed E-state index contributed by atoms with van der Waals surface area (Å²) in [6.45, 7) is 0.964. The molecule has 0 atom stereocenters. The predicted molar refractivity (Wildman–Crippen MR) is 77.4 cm³/mol. The predicted octanol–water partition coefficient (Wildman–Crippen LogP) is 0.919. The fourth-order valence-electron chi connectivity index (χ4n) is 2.42. The number of carboxylic acids is 1. The lowest BCUT2D eigenvalue weighted by Crippen LogP contribution is -2.39.